The smallest absolute Gasteiger partial charge is 0.234 e. The Morgan fingerprint density at radius 2 is 1.82 bits per heavy atom. The van der Waals surface area contributed by atoms with Crippen LogP contribution < -0.4 is 4.57 Å². The molecule has 1 heterocycles. The SMILES string of the molecule is C[C@H]([n+]1cnn(-c2ccccc2)c1)C(C)(C)C. The Labute approximate surface area is 103 Å². The Bertz CT molecular complexity index is 480. The second-order valence-corrected chi connectivity index (χ2v) is 5.52. The minimum absolute atomic E-state index is 0.231. The van der Waals surface area contributed by atoms with Gasteiger partial charge in [0.15, 0.2) is 0 Å². The lowest BCUT2D eigenvalue weighted by Crippen LogP contribution is -2.42. The Morgan fingerprint density at radius 1 is 1.18 bits per heavy atom. The molecular weight excluding hydrogens is 210 g/mol. The van der Waals surface area contributed by atoms with E-state index >= 15 is 0 Å². The van der Waals surface area contributed by atoms with Crippen molar-refractivity contribution in [1.82, 2.24) is 9.78 Å². The lowest BCUT2D eigenvalue weighted by Gasteiger charge is -2.24. The van der Waals surface area contributed by atoms with Gasteiger partial charge in [0.25, 0.3) is 6.33 Å². The molecule has 0 fully saturated rings. The van der Waals surface area contributed by atoms with E-state index in [-0.39, 0.29) is 5.41 Å². The quantitative estimate of drug-likeness (QED) is 0.727. The van der Waals surface area contributed by atoms with Crippen molar-refractivity contribution < 1.29 is 4.57 Å². The number of para-hydroxylation sites is 1. The summed E-state index contributed by atoms with van der Waals surface area (Å²) in [6.45, 7) is 8.94. The molecule has 0 aliphatic rings. The number of hydrogen-bond acceptors (Lipinski definition) is 1. The van der Waals surface area contributed by atoms with Crippen LogP contribution in [-0.4, -0.2) is 9.78 Å². The van der Waals surface area contributed by atoms with Crippen LogP contribution in [0, 0.1) is 5.41 Å². The van der Waals surface area contributed by atoms with Gasteiger partial charge < -0.3 is 0 Å². The first-order chi connectivity index (χ1) is 7.98. The predicted molar refractivity (Wildman–Crippen MR) is 67.9 cm³/mol. The van der Waals surface area contributed by atoms with E-state index < -0.39 is 0 Å². The van der Waals surface area contributed by atoms with E-state index in [9.17, 15) is 0 Å². The van der Waals surface area contributed by atoms with Crippen molar-refractivity contribution in [2.75, 3.05) is 0 Å². The van der Waals surface area contributed by atoms with E-state index in [1.54, 1.807) is 0 Å². The first-order valence-electron chi connectivity index (χ1n) is 5.99. The van der Waals surface area contributed by atoms with Gasteiger partial charge in [0.05, 0.1) is 6.04 Å². The summed E-state index contributed by atoms with van der Waals surface area (Å²) in [6.07, 6.45) is 3.94. The van der Waals surface area contributed by atoms with E-state index in [1.165, 1.54) is 0 Å². The standard InChI is InChI=1S/C14H20N3/c1-12(14(2,3)4)16-10-15-17(11-16)13-8-6-5-7-9-13/h5-12H,1-4H3/q+1/t12-/m0/s1. The molecule has 1 aromatic heterocycles. The van der Waals surface area contributed by atoms with Crippen LogP contribution in [0.5, 0.6) is 0 Å². The molecular formula is C14H20N3+. The van der Waals surface area contributed by atoms with E-state index in [0.29, 0.717) is 6.04 Å². The monoisotopic (exact) mass is 230 g/mol. The predicted octanol–water partition coefficient (Wildman–Crippen LogP) is 2.77. The van der Waals surface area contributed by atoms with Gasteiger partial charge in [0.2, 0.25) is 6.33 Å². The van der Waals surface area contributed by atoms with Crippen LogP contribution >= 0.6 is 0 Å². The Kier molecular flexibility index (Phi) is 3.01. The van der Waals surface area contributed by atoms with Crippen molar-refractivity contribution >= 4 is 0 Å². The maximum Gasteiger partial charge on any atom is 0.265 e. The van der Waals surface area contributed by atoms with Crippen LogP contribution in [0.1, 0.15) is 33.7 Å². The third-order valence-corrected chi connectivity index (χ3v) is 3.27. The van der Waals surface area contributed by atoms with Crippen molar-refractivity contribution in [3.63, 3.8) is 0 Å². The number of hydrogen-bond donors (Lipinski definition) is 0. The zero-order chi connectivity index (χ0) is 12.5. The summed E-state index contributed by atoms with van der Waals surface area (Å²) in [7, 11) is 0. The zero-order valence-corrected chi connectivity index (χ0v) is 11.0. The average molecular weight is 230 g/mol. The summed E-state index contributed by atoms with van der Waals surface area (Å²) in [6, 6.07) is 10.6. The third-order valence-electron chi connectivity index (χ3n) is 3.27. The second-order valence-electron chi connectivity index (χ2n) is 5.52. The third kappa shape index (κ3) is 2.54. The first kappa shape index (κ1) is 11.8. The van der Waals surface area contributed by atoms with Crippen molar-refractivity contribution in [3.05, 3.63) is 43.0 Å². The number of benzene rings is 1. The molecule has 1 aromatic carbocycles. The molecule has 0 amide bonds. The Morgan fingerprint density at radius 3 is 2.41 bits per heavy atom. The summed E-state index contributed by atoms with van der Waals surface area (Å²) < 4.78 is 4.06. The van der Waals surface area contributed by atoms with Crippen molar-refractivity contribution in [2.24, 2.45) is 5.41 Å². The van der Waals surface area contributed by atoms with Crippen LogP contribution in [0.4, 0.5) is 0 Å². The van der Waals surface area contributed by atoms with Crippen LogP contribution in [0.2, 0.25) is 0 Å². The summed E-state index contributed by atoms with van der Waals surface area (Å²) in [5.41, 5.74) is 1.32. The van der Waals surface area contributed by atoms with Crippen LogP contribution in [0.25, 0.3) is 5.69 Å². The highest BCUT2D eigenvalue weighted by atomic mass is 15.4. The molecule has 0 radical (unpaired) electrons. The molecule has 17 heavy (non-hydrogen) atoms. The molecule has 2 rings (SSSR count). The maximum atomic E-state index is 4.40. The minimum atomic E-state index is 0.231. The highest BCUT2D eigenvalue weighted by molar-refractivity contribution is 5.28. The molecule has 2 aromatic rings. The van der Waals surface area contributed by atoms with Gasteiger partial charge >= 0.3 is 0 Å². The van der Waals surface area contributed by atoms with Crippen LogP contribution in [0.3, 0.4) is 0 Å². The minimum Gasteiger partial charge on any atom is -0.234 e. The molecule has 3 heteroatoms. The van der Waals surface area contributed by atoms with Gasteiger partial charge in [-0.1, -0.05) is 43.7 Å². The van der Waals surface area contributed by atoms with Gasteiger partial charge in [-0.15, -0.1) is 0 Å². The average Bonchev–Trinajstić information content (AvgIpc) is 2.77. The summed E-state index contributed by atoms with van der Waals surface area (Å²) >= 11 is 0. The number of aromatic nitrogens is 3. The van der Waals surface area contributed by atoms with Gasteiger partial charge in [-0.05, 0) is 24.5 Å². The summed E-state index contributed by atoms with van der Waals surface area (Å²) in [5, 5.41) is 4.40. The van der Waals surface area contributed by atoms with Gasteiger partial charge in [0.1, 0.15) is 5.69 Å². The van der Waals surface area contributed by atoms with Crippen molar-refractivity contribution in [3.8, 4) is 5.69 Å². The normalized spacial score (nSPS) is 13.6. The molecule has 3 nitrogen and oxygen atoms in total. The Hall–Kier alpha value is -1.64. The fraction of sp³-hybridized carbons (Fsp3) is 0.429. The summed E-state index contributed by atoms with van der Waals surface area (Å²) in [4.78, 5) is 0. The number of rotatable bonds is 2. The lowest BCUT2D eigenvalue weighted by atomic mass is 9.88. The molecule has 0 bridgehead atoms. The molecule has 0 aliphatic heterocycles. The molecule has 0 spiro atoms. The van der Waals surface area contributed by atoms with E-state index in [2.05, 4.69) is 49.5 Å². The Balaban J connectivity index is 2.28. The van der Waals surface area contributed by atoms with Gasteiger partial charge in [-0.2, -0.15) is 0 Å². The van der Waals surface area contributed by atoms with Gasteiger partial charge in [0, 0.05) is 5.10 Å². The fourth-order valence-corrected chi connectivity index (χ4v) is 1.66. The largest absolute Gasteiger partial charge is 0.265 e. The van der Waals surface area contributed by atoms with Gasteiger partial charge in [-0.3, -0.25) is 0 Å². The molecule has 0 saturated carbocycles. The maximum absolute atomic E-state index is 4.40. The van der Waals surface area contributed by atoms with E-state index in [0.717, 1.165) is 5.69 Å². The highest BCUT2D eigenvalue weighted by Gasteiger charge is 2.25. The molecule has 0 unspecified atom stereocenters. The lowest BCUT2D eigenvalue weighted by molar-refractivity contribution is -0.732. The second kappa shape index (κ2) is 4.32. The van der Waals surface area contributed by atoms with Crippen LogP contribution in [0.15, 0.2) is 43.0 Å². The van der Waals surface area contributed by atoms with Crippen molar-refractivity contribution in [1.29, 1.82) is 0 Å². The highest BCUT2D eigenvalue weighted by Crippen LogP contribution is 2.24. The zero-order valence-electron chi connectivity index (χ0n) is 11.0. The van der Waals surface area contributed by atoms with Crippen molar-refractivity contribution in [2.45, 2.75) is 33.7 Å². The van der Waals surface area contributed by atoms with Crippen LogP contribution in [-0.2, 0) is 0 Å². The fourth-order valence-electron chi connectivity index (χ4n) is 1.66. The van der Waals surface area contributed by atoms with E-state index in [4.69, 9.17) is 0 Å². The van der Waals surface area contributed by atoms with E-state index in [1.807, 2.05) is 35.5 Å². The summed E-state index contributed by atoms with van der Waals surface area (Å²) in [5.74, 6) is 0. The first-order valence-corrected chi connectivity index (χ1v) is 5.99. The van der Waals surface area contributed by atoms with Gasteiger partial charge in [-0.25, -0.2) is 4.57 Å². The number of nitrogens with zero attached hydrogens (tertiary/aromatic N) is 3. The molecule has 1 atom stereocenters. The molecule has 0 N–H and O–H groups in total. The molecule has 90 valence electrons. The molecule has 0 saturated heterocycles. The molecule has 0 aliphatic carbocycles. The topological polar surface area (TPSA) is 21.7 Å².